The topological polar surface area (TPSA) is 80.0 Å². The third-order valence-electron chi connectivity index (χ3n) is 7.15. The van der Waals surface area contributed by atoms with Crippen molar-refractivity contribution in [3.63, 3.8) is 0 Å². The first-order valence-corrected chi connectivity index (χ1v) is 13.2. The Kier molecular flexibility index (Phi) is 7.75. The van der Waals surface area contributed by atoms with Crippen LogP contribution in [0.1, 0.15) is 18.9 Å². The molecule has 1 atom stereocenters. The number of rotatable bonds is 9. The first kappa shape index (κ1) is 27.6. The van der Waals surface area contributed by atoms with E-state index in [0.29, 0.717) is 25.5 Å². The van der Waals surface area contributed by atoms with Gasteiger partial charge in [-0.1, -0.05) is 48.5 Å². The van der Waals surface area contributed by atoms with Crippen LogP contribution in [0.3, 0.4) is 0 Å². The van der Waals surface area contributed by atoms with Gasteiger partial charge in [0, 0.05) is 69.6 Å². The fraction of sp³-hybridized carbons (Fsp3) is 0.379. The number of hydrogen-bond donors (Lipinski definition) is 0. The van der Waals surface area contributed by atoms with Crippen LogP contribution in [0.25, 0.3) is 22.3 Å². The average Bonchev–Trinajstić information content (AvgIpc) is 3.48. The monoisotopic (exact) mass is 553 g/mol. The molecule has 1 unspecified atom stereocenters. The number of halogens is 3. The minimum absolute atomic E-state index is 0.0486. The van der Waals surface area contributed by atoms with Crippen LogP contribution in [-0.4, -0.2) is 82.3 Å². The van der Waals surface area contributed by atoms with Crippen LogP contribution in [0.2, 0.25) is 0 Å². The number of nitrogens with zero attached hydrogens (tertiary/aromatic N) is 5. The molecule has 210 valence electrons. The molecule has 1 fully saturated rings. The van der Waals surface area contributed by atoms with Gasteiger partial charge >= 0.3 is 12.1 Å². The third kappa shape index (κ3) is 5.79. The average molecular weight is 554 g/mol. The van der Waals surface area contributed by atoms with Gasteiger partial charge in [-0.05, 0) is 23.6 Å². The molecule has 0 spiro atoms. The third-order valence-corrected chi connectivity index (χ3v) is 7.15. The standard InChI is InChI=1S/C29H30F3N5O3/c1-3-40-13-12-25-27(38)37(17-19-15-36(16-19)28(39)29(30,31)32)26(34-25)23-10-8-21(9-11-23)20-4-6-22(7-5-20)24-14-33-35(2)18-24/h4-11,14,18-19,25H,3,12-13,15-17H2,1-2H3. The van der Waals surface area contributed by atoms with Crippen LogP contribution in [-0.2, 0) is 21.4 Å². The van der Waals surface area contributed by atoms with Crippen molar-refractivity contribution in [3.05, 3.63) is 66.5 Å². The largest absolute Gasteiger partial charge is 0.471 e. The van der Waals surface area contributed by atoms with E-state index in [4.69, 9.17) is 9.73 Å². The summed E-state index contributed by atoms with van der Waals surface area (Å²) in [6.45, 7) is 2.87. The van der Waals surface area contributed by atoms with Crippen LogP contribution in [0.5, 0.6) is 0 Å². The molecule has 3 heterocycles. The molecule has 2 aromatic carbocycles. The SMILES string of the molecule is CCOCCC1N=C(c2ccc(-c3ccc(-c4cnn(C)c4)cc3)cc2)N(CC2CN(C(=O)C(F)(F)F)C2)C1=O. The first-order chi connectivity index (χ1) is 19.1. The summed E-state index contributed by atoms with van der Waals surface area (Å²) in [5.74, 6) is -1.82. The first-order valence-electron chi connectivity index (χ1n) is 13.2. The second kappa shape index (κ2) is 11.2. The van der Waals surface area contributed by atoms with Gasteiger partial charge in [-0.3, -0.25) is 24.2 Å². The summed E-state index contributed by atoms with van der Waals surface area (Å²) in [6, 6.07) is 15.2. The van der Waals surface area contributed by atoms with Gasteiger partial charge in [-0.25, -0.2) is 0 Å². The number of carbonyl (C=O) groups excluding carboxylic acids is 2. The van der Waals surface area contributed by atoms with E-state index >= 15 is 0 Å². The highest BCUT2D eigenvalue weighted by atomic mass is 19.4. The maximum absolute atomic E-state index is 13.3. The van der Waals surface area contributed by atoms with Gasteiger partial charge < -0.3 is 9.64 Å². The molecule has 2 aliphatic rings. The van der Waals surface area contributed by atoms with Crippen LogP contribution in [0.15, 0.2) is 65.9 Å². The Bertz CT molecular complexity index is 1390. The minimum atomic E-state index is -4.90. The van der Waals surface area contributed by atoms with Crippen LogP contribution in [0, 0.1) is 5.92 Å². The zero-order valence-electron chi connectivity index (χ0n) is 22.3. The molecule has 5 rings (SSSR count). The van der Waals surface area contributed by atoms with Gasteiger partial charge in [-0.2, -0.15) is 18.3 Å². The molecule has 3 aromatic rings. The Morgan fingerprint density at radius 3 is 2.08 bits per heavy atom. The predicted octanol–water partition coefficient (Wildman–Crippen LogP) is 4.16. The number of amidine groups is 1. The van der Waals surface area contributed by atoms with Gasteiger partial charge in [-0.15, -0.1) is 0 Å². The molecule has 40 heavy (non-hydrogen) atoms. The van der Waals surface area contributed by atoms with Gasteiger partial charge in [0.05, 0.1) is 6.20 Å². The predicted molar refractivity (Wildman–Crippen MR) is 143 cm³/mol. The van der Waals surface area contributed by atoms with Crippen LogP contribution in [0.4, 0.5) is 13.2 Å². The number of amides is 2. The van der Waals surface area contributed by atoms with Crippen molar-refractivity contribution < 1.29 is 27.5 Å². The zero-order chi connectivity index (χ0) is 28.4. The van der Waals surface area contributed by atoms with Crippen molar-refractivity contribution in [2.45, 2.75) is 25.6 Å². The molecule has 1 aromatic heterocycles. The maximum atomic E-state index is 13.3. The second-order valence-corrected chi connectivity index (χ2v) is 10.0. The molecule has 2 amide bonds. The Balaban J connectivity index is 1.31. The lowest BCUT2D eigenvalue weighted by Gasteiger charge is -2.41. The number of alkyl halides is 3. The van der Waals surface area contributed by atoms with E-state index in [1.165, 1.54) is 0 Å². The quantitative estimate of drug-likeness (QED) is 0.373. The summed E-state index contributed by atoms with van der Waals surface area (Å²) >= 11 is 0. The van der Waals surface area contributed by atoms with Crippen molar-refractivity contribution in [1.29, 1.82) is 0 Å². The number of aromatic nitrogens is 2. The van der Waals surface area contributed by atoms with Crippen LogP contribution >= 0.6 is 0 Å². The fourth-order valence-electron chi connectivity index (χ4n) is 5.02. The van der Waals surface area contributed by atoms with E-state index in [2.05, 4.69) is 5.10 Å². The Labute approximate surface area is 230 Å². The van der Waals surface area contributed by atoms with Gasteiger partial charge in [0.2, 0.25) is 0 Å². The fourth-order valence-corrected chi connectivity index (χ4v) is 5.02. The molecule has 11 heteroatoms. The number of ether oxygens (including phenoxy) is 1. The molecule has 2 aliphatic heterocycles. The lowest BCUT2D eigenvalue weighted by Crippen LogP contribution is -2.58. The van der Waals surface area contributed by atoms with Crippen LogP contribution < -0.4 is 0 Å². The molecule has 0 bridgehead atoms. The van der Waals surface area contributed by atoms with Gasteiger partial charge in [0.25, 0.3) is 5.91 Å². The Morgan fingerprint density at radius 1 is 0.975 bits per heavy atom. The Hall–Kier alpha value is -3.99. The molecule has 0 radical (unpaired) electrons. The van der Waals surface area contributed by atoms with E-state index in [1.54, 1.807) is 9.58 Å². The summed E-state index contributed by atoms with van der Waals surface area (Å²) in [5, 5.41) is 4.21. The minimum Gasteiger partial charge on any atom is -0.382 e. The van der Waals surface area contributed by atoms with Crippen molar-refractivity contribution >= 4 is 17.6 Å². The highest BCUT2D eigenvalue weighted by molar-refractivity contribution is 6.13. The van der Waals surface area contributed by atoms with Crippen molar-refractivity contribution in [2.24, 2.45) is 18.0 Å². The zero-order valence-corrected chi connectivity index (χ0v) is 22.3. The van der Waals surface area contributed by atoms with E-state index in [0.717, 1.165) is 32.7 Å². The van der Waals surface area contributed by atoms with Gasteiger partial charge in [0.15, 0.2) is 0 Å². The lowest BCUT2D eigenvalue weighted by molar-refractivity contribution is -0.191. The molecule has 0 N–H and O–H groups in total. The number of aryl methyl sites for hydroxylation is 1. The smallest absolute Gasteiger partial charge is 0.382 e. The van der Waals surface area contributed by atoms with Gasteiger partial charge in [0.1, 0.15) is 11.9 Å². The number of hydrogen-bond acceptors (Lipinski definition) is 5. The Morgan fingerprint density at radius 2 is 1.55 bits per heavy atom. The molecule has 8 nitrogen and oxygen atoms in total. The highest BCUT2D eigenvalue weighted by Crippen LogP contribution is 2.29. The lowest BCUT2D eigenvalue weighted by atomic mass is 9.98. The number of benzene rings is 2. The summed E-state index contributed by atoms with van der Waals surface area (Å²) < 4.78 is 45.4. The maximum Gasteiger partial charge on any atom is 0.471 e. The molecule has 0 saturated carbocycles. The molecular formula is C29H30F3N5O3. The second-order valence-electron chi connectivity index (χ2n) is 10.0. The summed E-state index contributed by atoms with van der Waals surface area (Å²) in [6.07, 6.45) is -0.712. The van der Waals surface area contributed by atoms with E-state index < -0.39 is 18.1 Å². The van der Waals surface area contributed by atoms with Crippen molar-refractivity contribution in [3.8, 4) is 22.3 Å². The van der Waals surface area contributed by atoms with E-state index in [-0.39, 0.29) is 31.5 Å². The number of carbonyl (C=O) groups is 2. The van der Waals surface area contributed by atoms with E-state index in [9.17, 15) is 22.8 Å². The highest BCUT2D eigenvalue weighted by Gasteiger charge is 2.47. The summed E-state index contributed by atoms with van der Waals surface area (Å²) in [4.78, 5) is 31.8. The van der Waals surface area contributed by atoms with Crippen molar-refractivity contribution in [1.82, 2.24) is 19.6 Å². The number of aliphatic imine (C=N–C) groups is 1. The van der Waals surface area contributed by atoms with E-state index in [1.807, 2.05) is 74.9 Å². The normalized spacial score (nSPS) is 17.8. The summed E-state index contributed by atoms with van der Waals surface area (Å²) in [7, 11) is 1.87. The summed E-state index contributed by atoms with van der Waals surface area (Å²) in [5.41, 5.74) is 4.85. The number of likely N-dealkylation sites (tertiary alicyclic amines) is 1. The molecule has 1 saturated heterocycles. The van der Waals surface area contributed by atoms with Crippen molar-refractivity contribution in [2.75, 3.05) is 32.8 Å². The molecule has 0 aliphatic carbocycles. The molecular weight excluding hydrogens is 523 g/mol.